The van der Waals surface area contributed by atoms with E-state index in [0.717, 1.165) is 10.9 Å². The van der Waals surface area contributed by atoms with E-state index in [4.69, 9.17) is 16.3 Å². The van der Waals surface area contributed by atoms with Gasteiger partial charge in [0, 0.05) is 28.2 Å². The predicted octanol–water partition coefficient (Wildman–Crippen LogP) is 2.88. The Kier molecular flexibility index (Phi) is 3.06. The number of nitrogens with zero attached hydrogens (tertiary/aromatic N) is 3. The highest BCUT2D eigenvalue weighted by Gasteiger charge is 2.19. The fraction of sp³-hybridized carbons (Fsp3) is 0.0625. The molecule has 0 aliphatic carbocycles. The summed E-state index contributed by atoms with van der Waals surface area (Å²) in [7, 11) is 1.54. The van der Waals surface area contributed by atoms with Gasteiger partial charge in [0.1, 0.15) is 5.69 Å². The van der Waals surface area contributed by atoms with Crippen LogP contribution >= 0.6 is 11.6 Å². The van der Waals surface area contributed by atoms with Crippen LogP contribution in [0.4, 0.5) is 0 Å². The number of ether oxygens (including phenoxy) is 1. The number of hydrogen-bond acceptors (Lipinski definition) is 4. The van der Waals surface area contributed by atoms with E-state index < -0.39 is 0 Å². The van der Waals surface area contributed by atoms with Crippen LogP contribution in [0.15, 0.2) is 47.5 Å². The summed E-state index contributed by atoms with van der Waals surface area (Å²) in [5.41, 5.74) is 2.31. The Morgan fingerprint density at radius 2 is 2.13 bits per heavy atom. The van der Waals surface area contributed by atoms with E-state index in [1.165, 1.54) is 11.8 Å². The fourth-order valence-corrected chi connectivity index (χ4v) is 2.70. The number of nitrogens with one attached hydrogen (secondary N) is 1. The third-order valence-corrected chi connectivity index (χ3v) is 3.90. The van der Waals surface area contributed by atoms with Gasteiger partial charge in [0.05, 0.1) is 24.6 Å². The summed E-state index contributed by atoms with van der Waals surface area (Å²) < 4.78 is 6.35. The second-order valence-corrected chi connectivity index (χ2v) is 5.45. The van der Waals surface area contributed by atoms with Crippen molar-refractivity contribution in [2.45, 2.75) is 0 Å². The molecule has 6 nitrogen and oxygen atoms in total. The lowest BCUT2D eigenvalue weighted by Crippen LogP contribution is -2.14. The van der Waals surface area contributed by atoms with Crippen molar-refractivity contribution in [1.29, 1.82) is 0 Å². The molecule has 114 valence electrons. The van der Waals surface area contributed by atoms with E-state index in [0.29, 0.717) is 27.8 Å². The number of hydrogen-bond donors (Lipinski definition) is 1. The van der Waals surface area contributed by atoms with Crippen molar-refractivity contribution in [1.82, 2.24) is 19.7 Å². The van der Waals surface area contributed by atoms with Crippen LogP contribution in [-0.4, -0.2) is 26.9 Å². The molecule has 0 amide bonds. The van der Waals surface area contributed by atoms with Crippen molar-refractivity contribution in [2.75, 3.05) is 7.11 Å². The van der Waals surface area contributed by atoms with Crippen molar-refractivity contribution in [3.8, 4) is 22.8 Å². The van der Waals surface area contributed by atoms with Gasteiger partial charge in [-0.3, -0.25) is 4.79 Å². The molecule has 23 heavy (non-hydrogen) atoms. The minimum atomic E-state index is -0.218. The van der Waals surface area contributed by atoms with Gasteiger partial charge in [-0.2, -0.15) is 9.78 Å². The summed E-state index contributed by atoms with van der Waals surface area (Å²) in [4.78, 5) is 19.8. The second kappa shape index (κ2) is 5.10. The van der Waals surface area contributed by atoms with Gasteiger partial charge >= 0.3 is 0 Å². The molecule has 0 saturated heterocycles. The third-order valence-electron chi connectivity index (χ3n) is 3.66. The molecule has 1 aromatic heterocycles. The Balaban J connectivity index is 1.99. The number of fused-ring (bicyclic) bond motifs is 3. The Morgan fingerprint density at radius 3 is 2.87 bits per heavy atom. The maximum atomic E-state index is 12.6. The first-order valence-electron chi connectivity index (χ1n) is 6.87. The topological polar surface area (TPSA) is 72.8 Å². The molecule has 1 aromatic carbocycles. The summed E-state index contributed by atoms with van der Waals surface area (Å²) in [5.74, 6) is 0.475. The van der Waals surface area contributed by atoms with Crippen LogP contribution in [0.5, 0.6) is 5.88 Å². The van der Waals surface area contributed by atoms with Crippen molar-refractivity contribution in [3.63, 3.8) is 0 Å². The smallest absolute Gasteiger partial charge is 0.282 e. The summed E-state index contributed by atoms with van der Waals surface area (Å²) in [5, 5.41) is 5.84. The Morgan fingerprint density at radius 1 is 1.26 bits per heavy atom. The molecule has 0 atom stereocenters. The first-order valence-corrected chi connectivity index (χ1v) is 7.25. The van der Waals surface area contributed by atoms with Crippen LogP contribution in [0, 0.1) is 0 Å². The molecule has 2 aliphatic heterocycles. The van der Waals surface area contributed by atoms with Gasteiger partial charge in [0.2, 0.25) is 5.88 Å². The van der Waals surface area contributed by atoms with Gasteiger partial charge < -0.3 is 9.72 Å². The molecule has 4 rings (SSSR count). The Hall–Kier alpha value is -2.86. The molecular weight excluding hydrogens is 316 g/mol. The summed E-state index contributed by atoms with van der Waals surface area (Å²) >= 11 is 6.07. The normalized spacial score (nSPS) is 11.2. The van der Waals surface area contributed by atoms with Gasteiger partial charge in [-0.05, 0) is 24.3 Å². The lowest BCUT2D eigenvalue weighted by molar-refractivity contribution is 0.397. The van der Waals surface area contributed by atoms with Crippen LogP contribution < -0.4 is 10.3 Å². The molecule has 7 heteroatoms. The van der Waals surface area contributed by atoms with E-state index in [1.807, 2.05) is 6.07 Å². The van der Waals surface area contributed by atoms with Crippen LogP contribution in [-0.2, 0) is 0 Å². The van der Waals surface area contributed by atoms with E-state index in [2.05, 4.69) is 15.1 Å². The van der Waals surface area contributed by atoms with E-state index in [1.54, 1.807) is 36.7 Å². The van der Waals surface area contributed by atoms with Crippen molar-refractivity contribution in [2.24, 2.45) is 0 Å². The average molecular weight is 327 g/mol. The van der Waals surface area contributed by atoms with Crippen molar-refractivity contribution >= 4 is 22.5 Å². The number of aromatic amines is 1. The van der Waals surface area contributed by atoms with E-state index in [-0.39, 0.29) is 5.56 Å². The molecule has 0 unspecified atom stereocenters. The standard InChI is InChI=1S/C16H11ClN4O2/c1-23-14-5-3-10(7-19-14)21-16(22)12-8-18-13-4-2-9(17)6-11(13)15(12)20-21/h2-8,18H,1H3. The lowest BCUT2D eigenvalue weighted by atomic mass is 10.1. The minimum absolute atomic E-state index is 0.218. The van der Waals surface area contributed by atoms with Gasteiger partial charge in [0.25, 0.3) is 5.56 Å². The molecule has 2 aliphatic rings. The first kappa shape index (κ1) is 13.8. The van der Waals surface area contributed by atoms with E-state index >= 15 is 0 Å². The van der Waals surface area contributed by atoms with E-state index in [9.17, 15) is 4.79 Å². The highest BCUT2D eigenvalue weighted by molar-refractivity contribution is 6.31. The zero-order valence-electron chi connectivity index (χ0n) is 12.1. The molecule has 0 saturated carbocycles. The lowest BCUT2D eigenvalue weighted by Gasteiger charge is -2.02. The largest absolute Gasteiger partial charge is 0.481 e. The molecule has 3 heterocycles. The number of methoxy groups -OCH3 is 1. The van der Waals surface area contributed by atoms with Crippen LogP contribution in [0.3, 0.4) is 0 Å². The summed E-state index contributed by atoms with van der Waals surface area (Å²) in [6.07, 6.45) is 3.21. The molecular formula is C16H11ClN4O2. The van der Waals surface area contributed by atoms with Crippen molar-refractivity contribution < 1.29 is 4.74 Å². The molecule has 2 aromatic rings. The number of rotatable bonds is 2. The van der Waals surface area contributed by atoms with Crippen LogP contribution in [0.1, 0.15) is 0 Å². The maximum Gasteiger partial charge on any atom is 0.282 e. The number of pyridine rings is 2. The maximum absolute atomic E-state index is 12.6. The SMILES string of the molecule is COc1ccc(-n2nc3c4cc(Cl)ccc4[nH]cc-3c2=O)cn1. The highest BCUT2D eigenvalue weighted by atomic mass is 35.5. The number of H-pyrrole nitrogens is 1. The van der Waals surface area contributed by atoms with Gasteiger partial charge in [0.15, 0.2) is 0 Å². The molecule has 0 spiro atoms. The summed E-state index contributed by atoms with van der Waals surface area (Å²) in [6, 6.07) is 8.85. The molecule has 0 radical (unpaired) electrons. The van der Waals surface area contributed by atoms with Crippen LogP contribution in [0.2, 0.25) is 5.02 Å². The number of halogens is 1. The van der Waals surface area contributed by atoms with Crippen molar-refractivity contribution in [3.05, 3.63) is 58.1 Å². The summed E-state index contributed by atoms with van der Waals surface area (Å²) in [6.45, 7) is 0. The number of aromatic nitrogens is 4. The monoisotopic (exact) mass is 326 g/mol. The minimum Gasteiger partial charge on any atom is -0.481 e. The van der Waals surface area contributed by atoms with Crippen LogP contribution in [0.25, 0.3) is 27.8 Å². The second-order valence-electron chi connectivity index (χ2n) is 5.02. The van der Waals surface area contributed by atoms with Gasteiger partial charge in [-0.1, -0.05) is 11.6 Å². The molecule has 0 fully saturated rings. The molecule has 0 bridgehead atoms. The quantitative estimate of drug-likeness (QED) is 0.614. The average Bonchev–Trinajstić information content (AvgIpc) is 2.92. The van der Waals surface area contributed by atoms with Gasteiger partial charge in [-0.15, -0.1) is 0 Å². The number of benzene rings is 1. The zero-order valence-corrected chi connectivity index (χ0v) is 12.8. The zero-order chi connectivity index (χ0) is 16.0. The molecule has 1 N–H and O–H groups in total. The fourth-order valence-electron chi connectivity index (χ4n) is 2.53. The highest BCUT2D eigenvalue weighted by Crippen LogP contribution is 2.28. The Bertz CT molecular complexity index is 1040. The third kappa shape index (κ3) is 2.15. The first-order chi connectivity index (χ1) is 11.2. The Labute approximate surface area is 135 Å². The van der Waals surface area contributed by atoms with Gasteiger partial charge in [-0.25, -0.2) is 4.98 Å². The predicted molar refractivity (Wildman–Crippen MR) is 87.7 cm³/mol.